The van der Waals surface area contributed by atoms with E-state index in [1.807, 2.05) is 6.07 Å². The Morgan fingerprint density at radius 2 is 2.04 bits per heavy atom. The number of nitriles is 1. The van der Waals surface area contributed by atoms with Crippen LogP contribution in [0.25, 0.3) is 0 Å². The van der Waals surface area contributed by atoms with Crippen LogP contribution in [-0.2, 0) is 9.53 Å². The molecule has 1 heterocycles. The van der Waals surface area contributed by atoms with Crippen LogP contribution in [0.2, 0.25) is 0 Å². The quantitative estimate of drug-likeness (QED) is 0.236. The van der Waals surface area contributed by atoms with Crippen molar-refractivity contribution in [3.63, 3.8) is 0 Å². The van der Waals surface area contributed by atoms with E-state index in [1.165, 1.54) is 30.5 Å². The van der Waals surface area contributed by atoms with E-state index in [4.69, 9.17) is 10.00 Å². The zero-order chi connectivity index (χ0) is 18.8. The Morgan fingerprint density at radius 1 is 1.35 bits per heavy atom. The van der Waals surface area contributed by atoms with Crippen LogP contribution in [0.15, 0.2) is 36.0 Å². The number of anilines is 1. The van der Waals surface area contributed by atoms with Crippen molar-refractivity contribution in [1.29, 1.82) is 5.26 Å². The molecule has 0 aromatic heterocycles. The van der Waals surface area contributed by atoms with Gasteiger partial charge in [-0.2, -0.15) is 5.26 Å². The van der Waals surface area contributed by atoms with Gasteiger partial charge in [0.25, 0.3) is 11.6 Å². The lowest BCUT2D eigenvalue weighted by atomic mass is 10.2. The van der Waals surface area contributed by atoms with Gasteiger partial charge >= 0.3 is 0 Å². The molecule has 9 heteroatoms. The molecule has 0 radical (unpaired) electrons. The summed E-state index contributed by atoms with van der Waals surface area (Å²) < 4.78 is 5.29. The number of carbonyl (C=O) groups is 1. The van der Waals surface area contributed by atoms with E-state index in [1.54, 1.807) is 0 Å². The molecule has 0 aliphatic carbocycles. The monoisotopic (exact) mass is 359 g/mol. The zero-order valence-corrected chi connectivity index (χ0v) is 14.3. The molecular formula is C17H21N5O4. The second kappa shape index (κ2) is 10.1. The van der Waals surface area contributed by atoms with Gasteiger partial charge in [-0.15, -0.1) is 0 Å². The molecule has 1 aliphatic rings. The molecule has 1 fully saturated rings. The van der Waals surface area contributed by atoms with E-state index < -0.39 is 10.8 Å². The third-order valence-electron chi connectivity index (χ3n) is 3.85. The fraction of sp³-hybridized carbons (Fsp3) is 0.412. The normalized spacial score (nSPS) is 15.1. The number of non-ortho nitro benzene ring substituents is 1. The first kappa shape index (κ1) is 19.4. The summed E-state index contributed by atoms with van der Waals surface area (Å²) in [6.07, 6.45) is 2.28. The average molecular weight is 359 g/mol. The Bertz CT molecular complexity index is 690. The summed E-state index contributed by atoms with van der Waals surface area (Å²) in [5.74, 6) is -0.568. The Kier molecular flexibility index (Phi) is 7.54. The molecule has 1 aromatic rings. The summed E-state index contributed by atoms with van der Waals surface area (Å²) in [4.78, 5) is 24.5. The molecule has 0 saturated carbocycles. The van der Waals surface area contributed by atoms with Crippen molar-refractivity contribution < 1.29 is 14.5 Å². The number of ether oxygens (including phenoxy) is 1. The molecule has 0 spiro atoms. The Balaban J connectivity index is 1.76. The smallest absolute Gasteiger partial charge is 0.269 e. The number of rotatable bonds is 8. The Hall–Kier alpha value is -2.96. The molecule has 2 N–H and O–H groups in total. The average Bonchev–Trinajstić information content (AvgIpc) is 2.66. The number of morpholine rings is 1. The summed E-state index contributed by atoms with van der Waals surface area (Å²) in [6.45, 7) is 4.95. The minimum atomic E-state index is -0.568. The van der Waals surface area contributed by atoms with Gasteiger partial charge in [-0.1, -0.05) is 0 Å². The lowest BCUT2D eigenvalue weighted by Crippen LogP contribution is -2.37. The van der Waals surface area contributed by atoms with Crippen LogP contribution in [0.3, 0.4) is 0 Å². The summed E-state index contributed by atoms with van der Waals surface area (Å²) in [6, 6.07) is 7.25. The molecule has 0 atom stereocenters. The lowest BCUT2D eigenvalue weighted by molar-refractivity contribution is -0.384. The van der Waals surface area contributed by atoms with Gasteiger partial charge in [0.05, 0.1) is 18.1 Å². The van der Waals surface area contributed by atoms with Gasteiger partial charge in [0, 0.05) is 43.7 Å². The summed E-state index contributed by atoms with van der Waals surface area (Å²) >= 11 is 0. The Labute approximate surface area is 151 Å². The summed E-state index contributed by atoms with van der Waals surface area (Å²) in [7, 11) is 0. The summed E-state index contributed by atoms with van der Waals surface area (Å²) in [5.41, 5.74) is 0.254. The van der Waals surface area contributed by atoms with Gasteiger partial charge < -0.3 is 15.4 Å². The van der Waals surface area contributed by atoms with Crippen LogP contribution >= 0.6 is 0 Å². The fourth-order valence-electron chi connectivity index (χ4n) is 2.42. The van der Waals surface area contributed by atoms with E-state index in [9.17, 15) is 14.9 Å². The molecule has 2 rings (SSSR count). The van der Waals surface area contributed by atoms with Gasteiger partial charge in [-0.05, 0) is 25.1 Å². The number of hydrogen-bond donors (Lipinski definition) is 2. The van der Waals surface area contributed by atoms with Crippen molar-refractivity contribution in [3.05, 3.63) is 46.2 Å². The third-order valence-corrected chi connectivity index (χ3v) is 3.85. The minimum Gasteiger partial charge on any atom is -0.390 e. The third kappa shape index (κ3) is 6.16. The van der Waals surface area contributed by atoms with E-state index in [0.717, 1.165) is 39.3 Å². The van der Waals surface area contributed by atoms with Gasteiger partial charge in [-0.3, -0.25) is 19.8 Å². The van der Waals surface area contributed by atoms with Crippen molar-refractivity contribution in [2.45, 2.75) is 6.42 Å². The first-order chi connectivity index (χ1) is 12.6. The van der Waals surface area contributed by atoms with E-state index in [-0.39, 0.29) is 11.3 Å². The topological polar surface area (TPSA) is 121 Å². The standard InChI is InChI=1S/C17H21N5O4/c18-12-14(13-19-6-1-7-21-8-10-26-11-9-21)17(23)20-15-2-4-16(5-3-15)22(24)25/h2-5,13,19H,1,6-11H2,(H,20,23)/b14-13-. The molecule has 1 saturated heterocycles. The molecule has 138 valence electrons. The molecule has 1 aromatic carbocycles. The first-order valence-corrected chi connectivity index (χ1v) is 8.29. The molecule has 9 nitrogen and oxygen atoms in total. The first-order valence-electron chi connectivity index (χ1n) is 8.29. The van der Waals surface area contributed by atoms with Gasteiger partial charge in [-0.25, -0.2) is 0 Å². The second-order valence-corrected chi connectivity index (χ2v) is 5.69. The summed E-state index contributed by atoms with van der Waals surface area (Å²) in [5, 5.41) is 25.2. The van der Waals surface area contributed by atoms with Crippen LogP contribution in [0, 0.1) is 21.4 Å². The highest BCUT2D eigenvalue weighted by Gasteiger charge is 2.11. The molecule has 0 unspecified atom stereocenters. The Morgan fingerprint density at radius 3 is 2.65 bits per heavy atom. The van der Waals surface area contributed by atoms with Crippen LogP contribution in [0.4, 0.5) is 11.4 Å². The largest absolute Gasteiger partial charge is 0.390 e. The van der Waals surface area contributed by atoms with E-state index in [2.05, 4.69) is 15.5 Å². The van der Waals surface area contributed by atoms with Crippen molar-refractivity contribution in [2.24, 2.45) is 0 Å². The number of hydrogen-bond acceptors (Lipinski definition) is 7. The number of nitro benzene ring substituents is 1. The van der Waals surface area contributed by atoms with Crippen molar-refractivity contribution in [1.82, 2.24) is 10.2 Å². The number of nitrogens with one attached hydrogen (secondary N) is 2. The maximum absolute atomic E-state index is 12.1. The van der Waals surface area contributed by atoms with Crippen molar-refractivity contribution in [3.8, 4) is 6.07 Å². The second-order valence-electron chi connectivity index (χ2n) is 5.69. The minimum absolute atomic E-state index is 0.0604. The van der Waals surface area contributed by atoms with E-state index >= 15 is 0 Å². The van der Waals surface area contributed by atoms with Crippen LogP contribution in [-0.4, -0.2) is 55.1 Å². The van der Waals surface area contributed by atoms with E-state index in [0.29, 0.717) is 12.2 Å². The highest BCUT2D eigenvalue weighted by Crippen LogP contribution is 2.15. The molecule has 1 amide bonds. The SMILES string of the molecule is N#C/C(=C/NCCCN1CCOCC1)C(=O)Nc1ccc([N+](=O)[O-])cc1. The maximum atomic E-state index is 12.1. The van der Waals surface area contributed by atoms with Crippen LogP contribution < -0.4 is 10.6 Å². The number of carbonyl (C=O) groups excluding carboxylic acids is 1. The van der Waals surface area contributed by atoms with Crippen LogP contribution in [0.1, 0.15) is 6.42 Å². The maximum Gasteiger partial charge on any atom is 0.269 e. The fourth-order valence-corrected chi connectivity index (χ4v) is 2.42. The number of benzene rings is 1. The highest BCUT2D eigenvalue weighted by atomic mass is 16.6. The predicted octanol–water partition coefficient (Wildman–Crippen LogP) is 1.25. The highest BCUT2D eigenvalue weighted by molar-refractivity contribution is 6.06. The number of amides is 1. The van der Waals surface area contributed by atoms with Crippen molar-refractivity contribution >= 4 is 17.3 Å². The van der Waals surface area contributed by atoms with Gasteiger partial charge in [0.1, 0.15) is 11.6 Å². The van der Waals surface area contributed by atoms with Crippen molar-refractivity contribution in [2.75, 3.05) is 44.7 Å². The number of nitrogens with zero attached hydrogens (tertiary/aromatic N) is 3. The lowest BCUT2D eigenvalue weighted by Gasteiger charge is -2.26. The van der Waals surface area contributed by atoms with Crippen LogP contribution in [0.5, 0.6) is 0 Å². The molecular weight excluding hydrogens is 338 g/mol. The zero-order valence-electron chi connectivity index (χ0n) is 14.3. The molecule has 0 bridgehead atoms. The molecule has 1 aliphatic heterocycles. The van der Waals surface area contributed by atoms with Gasteiger partial charge in [0.2, 0.25) is 0 Å². The predicted molar refractivity (Wildman–Crippen MR) is 95.3 cm³/mol. The molecule has 26 heavy (non-hydrogen) atoms. The number of nitro groups is 1. The van der Waals surface area contributed by atoms with Gasteiger partial charge in [0.15, 0.2) is 0 Å².